The van der Waals surface area contributed by atoms with Crippen molar-refractivity contribution < 1.29 is 4.79 Å². The van der Waals surface area contributed by atoms with Crippen molar-refractivity contribution in [1.82, 2.24) is 4.90 Å². The number of carbonyl (C=O) groups is 1. The Kier molecular flexibility index (Phi) is 9.67. The molecule has 1 aromatic rings. The minimum absolute atomic E-state index is 0.138. The molecule has 5 nitrogen and oxygen atoms in total. The second kappa shape index (κ2) is 11.2. The van der Waals surface area contributed by atoms with Crippen LogP contribution in [-0.4, -0.2) is 46.6 Å². The number of benzene rings is 1. The Balaban J connectivity index is 2.70. The van der Waals surface area contributed by atoms with E-state index >= 15 is 0 Å². The number of hydrogen-bond acceptors (Lipinski definition) is 5. The number of amidine groups is 1. The molecule has 4 N–H and O–H groups in total. The van der Waals surface area contributed by atoms with Gasteiger partial charge in [-0.1, -0.05) is 36.0 Å². The highest BCUT2D eigenvalue weighted by Gasteiger charge is 2.15. The van der Waals surface area contributed by atoms with Gasteiger partial charge in [-0.15, -0.1) is 11.8 Å². The normalized spacial score (nSPS) is 11.8. The average molecular weight is 381 g/mol. The maximum absolute atomic E-state index is 11.9. The molecular formula is C18H28N4OS2. The van der Waals surface area contributed by atoms with E-state index in [0.29, 0.717) is 11.5 Å². The molecule has 0 radical (unpaired) electrons. The number of carbonyl (C=O) groups excluding carboxylic acids is 1. The van der Waals surface area contributed by atoms with Crippen LogP contribution in [0.4, 0.5) is 0 Å². The van der Waals surface area contributed by atoms with Crippen molar-refractivity contribution in [3.8, 4) is 0 Å². The third-order valence-corrected chi connectivity index (χ3v) is 5.53. The lowest BCUT2D eigenvalue weighted by molar-refractivity contribution is -0.128. The quantitative estimate of drug-likeness (QED) is 0.451. The summed E-state index contributed by atoms with van der Waals surface area (Å²) in [6.07, 6.45) is 2.19. The maximum atomic E-state index is 11.9. The summed E-state index contributed by atoms with van der Waals surface area (Å²) in [5, 5.41) is 15.6. The molecular weight excluding hydrogens is 352 g/mol. The Morgan fingerprint density at radius 2 is 1.84 bits per heavy atom. The Hall–Kier alpha value is -1.47. The first kappa shape index (κ1) is 21.6. The van der Waals surface area contributed by atoms with Crippen molar-refractivity contribution in [2.45, 2.75) is 32.1 Å². The van der Waals surface area contributed by atoms with E-state index in [1.807, 2.05) is 0 Å². The van der Waals surface area contributed by atoms with Gasteiger partial charge >= 0.3 is 0 Å². The maximum Gasteiger partial charge on any atom is 0.222 e. The van der Waals surface area contributed by atoms with E-state index in [9.17, 15) is 4.79 Å². The number of rotatable bonds is 9. The van der Waals surface area contributed by atoms with Crippen LogP contribution in [0.25, 0.3) is 0 Å². The van der Waals surface area contributed by atoms with Gasteiger partial charge in [-0.25, -0.2) is 0 Å². The Bertz CT molecular complexity index is 587. The Morgan fingerprint density at radius 1 is 1.20 bits per heavy atom. The molecule has 0 saturated carbocycles. The highest BCUT2D eigenvalue weighted by atomic mass is 32.2. The van der Waals surface area contributed by atoms with Crippen molar-refractivity contribution in [2.24, 2.45) is 5.73 Å². The lowest BCUT2D eigenvalue weighted by atomic mass is 9.94. The highest BCUT2D eigenvalue weighted by molar-refractivity contribution is 8.13. The summed E-state index contributed by atoms with van der Waals surface area (Å²) >= 11 is 2.89. The molecule has 0 unspecified atom stereocenters. The second-order valence-corrected chi connectivity index (χ2v) is 8.47. The molecule has 0 aliphatic carbocycles. The standard InChI is InChI=1S/C18H28N4OS2/c1-13(19)25-12-16(8-9-17(23)22(2)3)15-6-4-14(5-7-15)10-11-24-18(20)21/h4-7,16,19H,8-12H2,1-3H3,(H3,20,21)/t16-/m0/s1. The van der Waals surface area contributed by atoms with Crippen LogP contribution < -0.4 is 5.73 Å². The van der Waals surface area contributed by atoms with E-state index in [1.165, 1.54) is 34.7 Å². The fourth-order valence-electron chi connectivity index (χ4n) is 2.33. The first-order chi connectivity index (χ1) is 11.8. The van der Waals surface area contributed by atoms with Gasteiger partial charge in [0.05, 0.1) is 5.04 Å². The van der Waals surface area contributed by atoms with Gasteiger partial charge < -0.3 is 10.6 Å². The predicted octanol–water partition coefficient (Wildman–Crippen LogP) is 3.54. The number of nitrogens with one attached hydrogen (secondary N) is 2. The largest absolute Gasteiger partial charge is 0.379 e. The lowest BCUT2D eigenvalue weighted by Gasteiger charge is -2.18. The van der Waals surface area contributed by atoms with Crippen LogP contribution >= 0.6 is 23.5 Å². The van der Waals surface area contributed by atoms with Crippen LogP contribution in [0, 0.1) is 10.8 Å². The second-order valence-electron chi connectivity index (χ2n) is 6.10. The Morgan fingerprint density at radius 3 is 2.36 bits per heavy atom. The summed E-state index contributed by atoms with van der Waals surface area (Å²) in [5.74, 6) is 2.02. The molecule has 7 heteroatoms. The summed E-state index contributed by atoms with van der Waals surface area (Å²) in [5.41, 5.74) is 7.78. The molecule has 0 aromatic heterocycles. The van der Waals surface area contributed by atoms with E-state index in [2.05, 4.69) is 24.3 Å². The summed E-state index contributed by atoms with van der Waals surface area (Å²) in [4.78, 5) is 13.5. The minimum Gasteiger partial charge on any atom is -0.379 e. The SMILES string of the molecule is CC(=N)SC[C@H](CCC(=O)N(C)C)c1ccc(CCSC(=N)N)cc1. The van der Waals surface area contributed by atoms with Crippen molar-refractivity contribution in [1.29, 1.82) is 10.8 Å². The number of thioether (sulfide) groups is 2. The van der Waals surface area contributed by atoms with Gasteiger partial charge in [-0.3, -0.25) is 15.6 Å². The van der Waals surface area contributed by atoms with Crippen molar-refractivity contribution >= 4 is 39.6 Å². The minimum atomic E-state index is 0.138. The summed E-state index contributed by atoms with van der Waals surface area (Å²) in [6, 6.07) is 8.47. The van der Waals surface area contributed by atoms with Gasteiger partial charge in [0.25, 0.3) is 0 Å². The third-order valence-electron chi connectivity index (χ3n) is 3.81. The number of amides is 1. The summed E-state index contributed by atoms with van der Waals surface area (Å²) in [6.45, 7) is 1.79. The molecule has 0 fully saturated rings. The van der Waals surface area contributed by atoms with Crippen LogP contribution in [0.15, 0.2) is 24.3 Å². The fourth-order valence-corrected chi connectivity index (χ4v) is 3.70. The van der Waals surface area contributed by atoms with E-state index in [4.69, 9.17) is 16.6 Å². The molecule has 0 saturated heterocycles. The average Bonchev–Trinajstić information content (AvgIpc) is 2.55. The highest BCUT2D eigenvalue weighted by Crippen LogP contribution is 2.27. The van der Waals surface area contributed by atoms with Gasteiger partial charge in [0.1, 0.15) is 0 Å². The number of hydrogen-bond donors (Lipinski definition) is 3. The molecule has 0 bridgehead atoms. The monoisotopic (exact) mass is 380 g/mol. The van der Waals surface area contributed by atoms with Gasteiger partial charge in [0.2, 0.25) is 5.91 Å². The molecule has 0 aliphatic heterocycles. The van der Waals surface area contributed by atoms with E-state index in [1.54, 1.807) is 25.9 Å². The zero-order valence-electron chi connectivity index (χ0n) is 15.2. The molecule has 1 amide bonds. The molecule has 1 atom stereocenters. The molecule has 138 valence electrons. The van der Waals surface area contributed by atoms with Crippen LogP contribution in [0.1, 0.15) is 36.8 Å². The van der Waals surface area contributed by atoms with E-state index in [0.717, 1.165) is 24.3 Å². The van der Waals surface area contributed by atoms with Crippen molar-refractivity contribution in [2.75, 3.05) is 25.6 Å². The molecule has 25 heavy (non-hydrogen) atoms. The first-order valence-corrected chi connectivity index (χ1v) is 10.2. The molecule has 0 aliphatic rings. The van der Waals surface area contributed by atoms with Crippen molar-refractivity contribution in [3.05, 3.63) is 35.4 Å². The van der Waals surface area contributed by atoms with Gasteiger partial charge in [0, 0.05) is 32.0 Å². The van der Waals surface area contributed by atoms with Crippen LogP contribution in [-0.2, 0) is 11.2 Å². The first-order valence-electron chi connectivity index (χ1n) is 8.23. The summed E-state index contributed by atoms with van der Waals surface area (Å²) in [7, 11) is 3.56. The number of nitrogens with two attached hydrogens (primary N) is 1. The van der Waals surface area contributed by atoms with Crippen LogP contribution in [0.2, 0.25) is 0 Å². The van der Waals surface area contributed by atoms with Gasteiger partial charge in [0.15, 0.2) is 5.17 Å². The number of nitrogens with zero attached hydrogens (tertiary/aromatic N) is 1. The van der Waals surface area contributed by atoms with Gasteiger partial charge in [-0.2, -0.15) is 0 Å². The van der Waals surface area contributed by atoms with Crippen LogP contribution in [0.3, 0.4) is 0 Å². The molecule has 1 aromatic carbocycles. The molecule has 0 heterocycles. The number of aryl methyl sites for hydroxylation is 1. The zero-order chi connectivity index (χ0) is 18.8. The smallest absolute Gasteiger partial charge is 0.222 e. The van der Waals surface area contributed by atoms with E-state index < -0.39 is 0 Å². The Labute approximate surface area is 159 Å². The predicted molar refractivity (Wildman–Crippen MR) is 111 cm³/mol. The van der Waals surface area contributed by atoms with Crippen LogP contribution in [0.5, 0.6) is 0 Å². The van der Waals surface area contributed by atoms with Gasteiger partial charge in [-0.05, 0) is 36.8 Å². The molecule has 0 spiro atoms. The summed E-state index contributed by atoms with van der Waals surface area (Å²) < 4.78 is 0. The van der Waals surface area contributed by atoms with E-state index in [-0.39, 0.29) is 17.0 Å². The van der Waals surface area contributed by atoms with Crippen molar-refractivity contribution in [3.63, 3.8) is 0 Å². The molecule has 1 rings (SSSR count). The zero-order valence-corrected chi connectivity index (χ0v) is 16.8. The lowest BCUT2D eigenvalue weighted by Crippen LogP contribution is -2.22. The third kappa shape index (κ3) is 8.97. The topological polar surface area (TPSA) is 94.0 Å². The fraction of sp³-hybridized carbons (Fsp3) is 0.500.